The molecule has 1 fully saturated rings. The van der Waals surface area contributed by atoms with Gasteiger partial charge in [-0.15, -0.1) is 0 Å². The zero-order chi connectivity index (χ0) is 22.7. The fourth-order valence-corrected chi connectivity index (χ4v) is 3.96. The van der Waals surface area contributed by atoms with Gasteiger partial charge in [0, 0.05) is 10.6 Å². The second-order valence-corrected chi connectivity index (χ2v) is 8.30. The van der Waals surface area contributed by atoms with Crippen LogP contribution in [-0.4, -0.2) is 39.2 Å². The second kappa shape index (κ2) is 9.57. The highest BCUT2D eigenvalue weighted by Crippen LogP contribution is 2.40. The molecule has 1 aromatic heterocycles. The van der Waals surface area contributed by atoms with Crippen LogP contribution in [-0.2, 0) is 21.8 Å². The first-order chi connectivity index (χ1) is 15.4. The van der Waals surface area contributed by atoms with Crippen molar-refractivity contribution >= 4 is 46.2 Å². The van der Waals surface area contributed by atoms with Crippen LogP contribution in [0.2, 0.25) is 10.0 Å². The smallest absolute Gasteiger partial charge is 0.217 e. The molecule has 4 N–H and O–H groups in total. The van der Waals surface area contributed by atoms with Crippen molar-refractivity contribution < 1.29 is 14.2 Å². The van der Waals surface area contributed by atoms with Gasteiger partial charge in [-0.25, -0.2) is 15.5 Å². The lowest BCUT2D eigenvalue weighted by Gasteiger charge is -2.29. The molecule has 1 aliphatic heterocycles. The highest BCUT2D eigenvalue weighted by molar-refractivity contribution is 7.80. The average Bonchev–Trinajstić information content (AvgIpc) is 3.43. The van der Waals surface area contributed by atoms with E-state index < -0.39 is 5.79 Å². The monoisotopic (exact) mass is 494 g/mol. The van der Waals surface area contributed by atoms with Crippen LogP contribution in [0, 0.1) is 0 Å². The minimum absolute atomic E-state index is 0.0692. The van der Waals surface area contributed by atoms with Crippen molar-refractivity contribution in [2.45, 2.75) is 18.4 Å². The van der Waals surface area contributed by atoms with Crippen LogP contribution >= 0.6 is 35.4 Å². The lowest BCUT2D eigenvalue weighted by Crippen LogP contribution is -2.41. The molecule has 1 saturated heterocycles. The molecule has 32 heavy (non-hydrogen) atoms. The maximum Gasteiger partial charge on any atom is 0.217 e. The third-order valence-corrected chi connectivity index (χ3v) is 5.57. The first kappa shape index (κ1) is 22.7. The number of hydrogen-bond donors (Lipinski definition) is 2. The zero-order valence-corrected chi connectivity index (χ0v) is 19.1. The maximum atomic E-state index is 6.47. The van der Waals surface area contributed by atoms with Gasteiger partial charge in [-0.1, -0.05) is 29.3 Å². The summed E-state index contributed by atoms with van der Waals surface area (Å²) in [6, 6.07) is 12.2. The lowest BCUT2D eigenvalue weighted by atomic mass is 10.1. The minimum atomic E-state index is -1.16. The molecule has 0 aliphatic carbocycles. The molecule has 9 nitrogen and oxygen atoms in total. The molecule has 0 saturated carbocycles. The summed E-state index contributed by atoms with van der Waals surface area (Å²) in [7, 11) is 0. The van der Waals surface area contributed by atoms with Gasteiger partial charge in [-0.05, 0) is 48.6 Å². The molecule has 2 unspecified atom stereocenters. The van der Waals surface area contributed by atoms with Gasteiger partial charge in [0.2, 0.25) is 5.79 Å². The Kier molecular flexibility index (Phi) is 6.79. The third-order valence-electron chi connectivity index (χ3n) is 4.83. The highest BCUT2D eigenvalue weighted by atomic mass is 35.5. The van der Waals surface area contributed by atoms with Crippen LogP contribution in [0.1, 0.15) is 5.56 Å². The number of aromatic nitrogens is 3. The van der Waals surface area contributed by atoms with Crippen molar-refractivity contribution in [3.8, 4) is 5.75 Å². The van der Waals surface area contributed by atoms with Gasteiger partial charge in [0.25, 0.3) is 0 Å². The first-order valence-electron chi connectivity index (χ1n) is 9.53. The summed E-state index contributed by atoms with van der Waals surface area (Å²) in [4.78, 5) is 3.98. The molecule has 4 rings (SSSR count). The fraction of sp³-hybridized carbons (Fsp3) is 0.250. The van der Waals surface area contributed by atoms with Crippen molar-refractivity contribution in [1.29, 1.82) is 0 Å². The van der Waals surface area contributed by atoms with Gasteiger partial charge in [0.1, 0.15) is 37.7 Å². The number of hydrazine groups is 1. The predicted molar refractivity (Wildman–Crippen MR) is 124 cm³/mol. The van der Waals surface area contributed by atoms with Gasteiger partial charge in [0.05, 0.1) is 17.3 Å². The molecule has 3 aromatic rings. The van der Waals surface area contributed by atoms with Gasteiger partial charge in [-0.3, -0.25) is 5.01 Å². The molecule has 0 radical (unpaired) electrons. The van der Waals surface area contributed by atoms with Gasteiger partial charge in [0.15, 0.2) is 5.11 Å². The van der Waals surface area contributed by atoms with E-state index in [1.165, 1.54) is 11.3 Å². The Labute approximate surface area is 199 Å². The van der Waals surface area contributed by atoms with Crippen LogP contribution in [0.4, 0.5) is 5.69 Å². The molecule has 168 valence electrons. The van der Waals surface area contributed by atoms with E-state index >= 15 is 0 Å². The Morgan fingerprint density at radius 1 is 1.28 bits per heavy atom. The van der Waals surface area contributed by atoms with Crippen LogP contribution in [0.25, 0.3) is 0 Å². The Morgan fingerprint density at radius 3 is 2.72 bits per heavy atom. The van der Waals surface area contributed by atoms with E-state index in [0.717, 1.165) is 0 Å². The molecule has 0 spiro atoms. The van der Waals surface area contributed by atoms with Crippen molar-refractivity contribution in [2.24, 2.45) is 11.6 Å². The summed E-state index contributed by atoms with van der Waals surface area (Å²) in [6.45, 7) is 0.805. The molecule has 2 aromatic carbocycles. The number of nitrogens with zero attached hydrogens (tertiary/aromatic N) is 4. The van der Waals surface area contributed by atoms with E-state index in [9.17, 15) is 0 Å². The Balaban J connectivity index is 1.47. The van der Waals surface area contributed by atoms with E-state index in [1.54, 1.807) is 53.5 Å². The van der Waals surface area contributed by atoms with Crippen LogP contribution < -0.4 is 21.3 Å². The number of anilines is 1. The highest BCUT2D eigenvalue weighted by Gasteiger charge is 2.45. The Bertz CT molecular complexity index is 1090. The molecule has 12 heteroatoms. The van der Waals surface area contributed by atoms with Crippen molar-refractivity contribution in [2.75, 3.05) is 18.2 Å². The van der Waals surface area contributed by atoms with Crippen LogP contribution in [0.3, 0.4) is 0 Å². The summed E-state index contributed by atoms with van der Waals surface area (Å²) in [6.07, 6.45) is 2.67. The quantitative estimate of drug-likeness (QED) is 0.290. The van der Waals surface area contributed by atoms with E-state index in [4.69, 9.17) is 61.2 Å². The number of ether oxygens (including phenoxy) is 3. The van der Waals surface area contributed by atoms with E-state index in [-0.39, 0.29) is 24.4 Å². The SMILES string of the molecule is NC(=S)N(N)c1ccc(OCC2COC(Cn3cncn3)(c3ccc(Cl)cc3Cl)O2)cc1. The topological polar surface area (TPSA) is 114 Å². The Morgan fingerprint density at radius 2 is 2.06 bits per heavy atom. The third kappa shape index (κ3) is 4.96. The molecule has 1 aliphatic rings. The largest absolute Gasteiger partial charge is 0.491 e. The fourth-order valence-electron chi connectivity index (χ4n) is 3.30. The molecule has 0 bridgehead atoms. The number of thiocarbonyl (C=S) groups is 1. The molecular formula is C20H20Cl2N6O3S. The number of hydrogen-bond acceptors (Lipinski definition) is 7. The number of rotatable bonds is 7. The molecule has 0 amide bonds. The number of benzene rings is 2. The summed E-state index contributed by atoms with van der Waals surface area (Å²) in [5.74, 6) is 5.25. The molecule has 2 heterocycles. The number of nitrogens with two attached hydrogens (primary N) is 2. The van der Waals surface area contributed by atoms with Gasteiger partial charge in [-0.2, -0.15) is 5.10 Å². The maximum absolute atomic E-state index is 6.47. The van der Waals surface area contributed by atoms with Crippen molar-refractivity contribution in [3.63, 3.8) is 0 Å². The van der Waals surface area contributed by atoms with E-state index in [0.29, 0.717) is 33.7 Å². The zero-order valence-electron chi connectivity index (χ0n) is 16.7. The van der Waals surface area contributed by atoms with E-state index in [1.807, 2.05) is 0 Å². The summed E-state index contributed by atoms with van der Waals surface area (Å²) >= 11 is 17.4. The van der Waals surface area contributed by atoms with Gasteiger partial charge < -0.3 is 19.9 Å². The van der Waals surface area contributed by atoms with Crippen LogP contribution in [0.15, 0.2) is 55.1 Å². The molecule has 2 atom stereocenters. The number of halogens is 2. The lowest BCUT2D eigenvalue weighted by molar-refractivity contribution is -0.190. The molecular weight excluding hydrogens is 475 g/mol. The first-order valence-corrected chi connectivity index (χ1v) is 10.7. The van der Waals surface area contributed by atoms with Gasteiger partial charge >= 0.3 is 0 Å². The Hall–Kier alpha value is -2.47. The van der Waals surface area contributed by atoms with Crippen LogP contribution in [0.5, 0.6) is 5.75 Å². The predicted octanol–water partition coefficient (Wildman–Crippen LogP) is 2.86. The summed E-state index contributed by atoms with van der Waals surface area (Å²) < 4.78 is 19.9. The normalized spacial score (nSPS) is 20.3. The second-order valence-electron chi connectivity index (χ2n) is 7.03. The van der Waals surface area contributed by atoms with Crippen molar-refractivity contribution in [3.05, 3.63) is 70.7 Å². The summed E-state index contributed by atoms with van der Waals surface area (Å²) in [5, 5.41) is 6.39. The standard InChI is InChI=1S/C20H20Cl2N6O3S/c21-13-1-6-17(18(22)7-13)20(10-27-12-25-11-26-27)30-9-16(31-20)8-29-15-4-2-14(3-5-15)28(24)19(23)32/h1-7,11-12,16H,8-10,24H2,(H2,23,32). The minimum Gasteiger partial charge on any atom is -0.491 e. The summed E-state index contributed by atoms with van der Waals surface area (Å²) in [5.41, 5.74) is 6.82. The average molecular weight is 495 g/mol. The van der Waals surface area contributed by atoms with E-state index in [2.05, 4.69) is 10.1 Å². The van der Waals surface area contributed by atoms with Crippen molar-refractivity contribution in [1.82, 2.24) is 14.8 Å².